The summed E-state index contributed by atoms with van der Waals surface area (Å²) in [4.78, 5) is 11.6. The summed E-state index contributed by atoms with van der Waals surface area (Å²) in [5.41, 5.74) is 1.32. The number of nitrogens with zero attached hydrogens (tertiary/aromatic N) is 1. The summed E-state index contributed by atoms with van der Waals surface area (Å²) < 4.78 is 5.29. The minimum Gasteiger partial charge on any atom is -0.477 e. The van der Waals surface area contributed by atoms with Crippen molar-refractivity contribution in [2.24, 2.45) is 0 Å². The van der Waals surface area contributed by atoms with Crippen molar-refractivity contribution in [2.45, 2.75) is 19.8 Å². The minimum atomic E-state index is -1.01. The van der Waals surface area contributed by atoms with Gasteiger partial charge in [0.1, 0.15) is 11.3 Å². The molecule has 0 bridgehead atoms. The van der Waals surface area contributed by atoms with Gasteiger partial charge in [0, 0.05) is 11.5 Å². The monoisotopic (exact) mass is 281 g/mol. The summed E-state index contributed by atoms with van der Waals surface area (Å²) >= 11 is 0. The molecule has 0 unspecified atom stereocenters. The third-order valence-electron chi connectivity index (χ3n) is 3.50. The lowest BCUT2D eigenvalue weighted by molar-refractivity contribution is 0.0694. The van der Waals surface area contributed by atoms with Crippen LogP contribution in [0.2, 0.25) is 0 Å². The van der Waals surface area contributed by atoms with Crippen molar-refractivity contribution in [1.29, 1.82) is 0 Å². The Morgan fingerprint density at radius 3 is 2.57 bits per heavy atom. The lowest BCUT2D eigenvalue weighted by atomic mass is 9.97. The molecule has 1 aromatic heterocycles. The van der Waals surface area contributed by atoms with Crippen LogP contribution in [0.25, 0.3) is 22.0 Å². The van der Waals surface area contributed by atoms with Crippen LogP contribution in [0.4, 0.5) is 0 Å². The Hall–Kier alpha value is -2.62. The number of fused-ring (bicyclic) bond motifs is 1. The van der Waals surface area contributed by atoms with Crippen molar-refractivity contribution in [3.63, 3.8) is 0 Å². The molecule has 4 nitrogen and oxygen atoms in total. The lowest BCUT2D eigenvalue weighted by Crippen LogP contribution is -2.02. The van der Waals surface area contributed by atoms with Crippen LogP contribution in [0, 0.1) is 0 Å². The van der Waals surface area contributed by atoms with E-state index < -0.39 is 5.97 Å². The molecule has 0 saturated carbocycles. The first-order valence-corrected chi connectivity index (χ1v) is 6.80. The summed E-state index contributed by atoms with van der Waals surface area (Å²) in [6, 6.07) is 13.6. The fourth-order valence-electron chi connectivity index (χ4n) is 2.52. The lowest BCUT2D eigenvalue weighted by Gasteiger charge is -2.05. The Kier molecular flexibility index (Phi) is 3.22. The average Bonchev–Trinajstić information content (AvgIpc) is 2.91. The highest BCUT2D eigenvalue weighted by Gasteiger charge is 2.26. The number of carbonyl (C=O) groups is 1. The maximum Gasteiger partial charge on any atom is 0.341 e. The number of hydrogen-bond donors (Lipinski definition) is 1. The second kappa shape index (κ2) is 5.05. The molecule has 3 aromatic rings. The Balaban J connectivity index is 2.31. The van der Waals surface area contributed by atoms with E-state index >= 15 is 0 Å². The summed E-state index contributed by atoms with van der Waals surface area (Å²) in [6.45, 7) is 3.78. The van der Waals surface area contributed by atoms with Crippen molar-refractivity contribution >= 4 is 16.7 Å². The summed E-state index contributed by atoms with van der Waals surface area (Å²) in [5.74, 6) is -0.638. The fourth-order valence-corrected chi connectivity index (χ4v) is 2.52. The predicted molar refractivity (Wildman–Crippen MR) is 80.5 cm³/mol. The van der Waals surface area contributed by atoms with Crippen molar-refractivity contribution in [3.8, 4) is 11.3 Å². The Morgan fingerprint density at radius 1 is 1.14 bits per heavy atom. The number of rotatable bonds is 3. The highest BCUT2D eigenvalue weighted by atomic mass is 16.5. The van der Waals surface area contributed by atoms with Gasteiger partial charge in [0.05, 0.1) is 0 Å². The van der Waals surface area contributed by atoms with Crippen molar-refractivity contribution in [1.82, 2.24) is 5.16 Å². The molecule has 0 aliphatic rings. The van der Waals surface area contributed by atoms with Gasteiger partial charge in [-0.2, -0.15) is 0 Å². The zero-order valence-corrected chi connectivity index (χ0v) is 11.8. The smallest absolute Gasteiger partial charge is 0.341 e. The first-order valence-electron chi connectivity index (χ1n) is 6.80. The van der Waals surface area contributed by atoms with Crippen LogP contribution in [-0.4, -0.2) is 16.2 Å². The van der Waals surface area contributed by atoms with Gasteiger partial charge in [0.2, 0.25) is 0 Å². The van der Waals surface area contributed by atoms with Gasteiger partial charge < -0.3 is 9.63 Å². The van der Waals surface area contributed by atoms with E-state index in [0.717, 1.165) is 16.3 Å². The van der Waals surface area contributed by atoms with Gasteiger partial charge >= 0.3 is 5.97 Å². The Bertz CT molecular complexity index is 813. The van der Waals surface area contributed by atoms with Crippen LogP contribution in [0.3, 0.4) is 0 Å². The van der Waals surface area contributed by atoms with E-state index in [9.17, 15) is 9.90 Å². The van der Waals surface area contributed by atoms with E-state index in [-0.39, 0.29) is 11.5 Å². The van der Waals surface area contributed by atoms with Crippen LogP contribution in [0.15, 0.2) is 47.0 Å². The summed E-state index contributed by atoms with van der Waals surface area (Å²) in [6.07, 6.45) is 0. The first-order chi connectivity index (χ1) is 10.1. The quantitative estimate of drug-likeness (QED) is 0.776. The van der Waals surface area contributed by atoms with E-state index in [1.165, 1.54) is 0 Å². The van der Waals surface area contributed by atoms with E-state index in [0.29, 0.717) is 11.5 Å². The molecule has 21 heavy (non-hydrogen) atoms. The molecule has 0 spiro atoms. The topological polar surface area (TPSA) is 63.3 Å². The number of benzene rings is 2. The number of carboxylic acids is 1. The zero-order chi connectivity index (χ0) is 15.0. The van der Waals surface area contributed by atoms with Crippen molar-refractivity contribution < 1.29 is 14.4 Å². The van der Waals surface area contributed by atoms with E-state index in [2.05, 4.69) is 5.16 Å². The van der Waals surface area contributed by atoms with Crippen LogP contribution in [0.1, 0.15) is 35.9 Å². The van der Waals surface area contributed by atoms with Crippen molar-refractivity contribution in [2.75, 3.05) is 0 Å². The van der Waals surface area contributed by atoms with E-state index in [1.54, 1.807) is 0 Å². The predicted octanol–water partition coefficient (Wildman–Crippen LogP) is 4.32. The molecule has 0 aliphatic heterocycles. The van der Waals surface area contributed by atoms with Crippen LogP contribution >= 0.6 is 0 Å². The second-order valence-electron chi connectivity index (χ2n) is 5.26. The molecule has 0 fully saturated rings. The number of aromatic nitrogens is 1. The Labute approximate surface area is 122 Å². The SMILES string of the molecule is CC(C)c1onc(-c2cccc3ccccc23)c1C(=O)O. The first kappa shape index (κ1) is 13.4. The van der Waals surface area contributed by atoms with Crippen LogP contribution in [-0.2, 0) is 0 Å². The second-order valence-corrected chi connectivity index (χ2v) is 5.26. The minimum absolute atomic E-state index is 0.0349. The summed E-state index contributed by atoms with van der Waals surface area (Å²) in [7, 11) is 0. The molecule has 0 aliphatic carbocycles. The van der Waals surface area contributed by atoms with Crippen molar-refractivity contribution in [3.05, 3.63) is 53.8 Å². The van der Waals surface area contributed by atoms with E-state index in [1.807, 2.05) is 56.3 Å². The molecule has 2 aromatic carbocycles. The van der Waals surface area contributed by atoms with Gasteiger partial charge in [-0.25, -0.2) is 4.79 Å². The number of aromatic carboxylic acids is 1. The largest absolute Gasteiger partial charge is 0.477 e. The molecular weight excluding hydrogens is 266 g/mol. The molecule has 0 atom stereocenters. The molecular formula is C17H15NO3. The maximum absolute atomic E-state index is 11.6. The maximum atomic E-state index is 11.6. The van der Waals surface area contributed by atoms with Gasteiger partial charge in [0.15, 0.2) is 5.76 Å². The van der Waals surface area contributed by atoms with Crippen LogP contribution in [0.5, 0.6) is 0 Å². The highest BCUT2D eigenvalue weighted by Crippen LogP contribution is 2.33. The number of hydrogen-bond acceptors (Lipinski definition) is 3. The zero-order valence-electron chi connectivity index (χ0n) is 11.8. The van der Waals surface area contributed by atoms with Gasteiger partial charge in [-0.1, -0.05) is 61.5 Å². The van der Waals surface area contributed by atoms with Gasteiger partial charge in [-0.05, 0) is 10.8 Å². The van der Waals surface area contributed by atoms with Gasteiger partial charge in [-0.3, -0.25) is 0 Å². The third-order valence-corrected chi connectivity index (χ3v) is 3.50. The fraction of sp³-hybridized carbons (Fsp3) is 0.176. The molecule has 0 amide bonds. The normalized spacial score (nSPS) is 11.2. The Morgan fingerprint density at radius 2 is 1.86 bits per heavy atom. The molecule has 0 saturated heterocycles. The van der Waals surface area contributed by atoms with E-state index in [4.69, 9.17) is 4.52 Å². The molecule has 3 rings (SSSR count). The highest BCUT2D eigenvalue weighted by molar-refractivity contribution is 6.02. The third kappa shape index (κ3) is 2.18. The molecule has 1 N–H and O–H groups in total. The molecule has 4 heteroatoms. The van der Waals surface area contributed by atoms with Crippen LogP contribution < -0.4 is 0 Å². The standard InChI is InChI=1S/C17H15NO3/c1-10(2)16-14(17(19)20)15(18-21-16)13-9-5-7-11-6-3-4-8-12(11)13/h3-10H,1-2H3,(H,19,20). The van der Waals surface area contributed by atoms with Gasteiger partial charge in [-0.15, -0.1) is 0 Å². The molecule has 106 valence electrons. The summed E-state index contributed by atoms with van der Waals surface area (Å²) in [5, 5.41) is 15.5. The molecule has 1 heterocycles. The average molecular weight is 281 g/mol. The van der Waals surface area contributed by atoms with Gasteiger partial charge in [0.25, 0.3) is 0 Å². The number of carboxylic acid groups (broad SMARTS) is 1. The molecule has 0 radical (unpaired) electrons.